The van der Waals surface area contributed by atoms with E-state index in [0.29, 0.717) is 0 Å². The van der Waals surface area contributed by atoms with Gasteiger partial charge in [-0.25, -0.2) is 4.79 Å². The van der Waals surface area contributed by atoms with Gasteiger partial charge in [0, 0.05) is 12.3 Å². The van der Waals surface area contributed by atoms with Crippen LogP contribution in [0.25, 0.3) is 0 Å². The standard InChI is InChI=1S/C15H18O7/c1-12(2,18)6-7-10(16)20-8(6)9-13(3)14(7,19)4-5-15(13,22-5)11(17)21-9/h5-9,18-19H,4H2,1-3H3/t5?,6-,7+,8+,9-,13-,14-,15?/m1/s1. The Kier molecular flexibility index (Phi) is 1.85. The molecule has 7 nitrogen and oxygen atoms in total. The van der Waals surface area contributed by atoms with Crippen LogP contribution >= 0.6 is 0 Å². The second-order valence-electron chi connectivity index (χ2n) is 8.06. The first-order chi connectivity index (χ1) is 10.1. The molecule has 0 aromatic rings. The molecule has 3 aliphatic heterocycles. The van der Waals surface area contributed by atoms with E-state index in [4.69, 9.17) is 14.2 Å². The van der Waals surface area contributed by atoms with Crippen LogP contribution in [-0.4, -0.2) is 57.3 Å². The minimum atomic E-state index is -1.47. The number of epoxide rings is 1. The summed E-state index contributed by atoms with van der Waals surface area (Å²) in [6, 6.07) is 0. The van der Waals surface area contributed by atoms with E-state index in [9.17, 15) is 19.8 Å². The van der Waals surface area contributed by atoms with Crippen molar-refractivity contribution in [3.8, 4) is 0 Å². The molecule has 5 fully saturated rings. The lowest BCUT2D eigenvalue weighted by Gasteiger charge is -2.53. The number of esters is 2. The molecule has 22 heavy (non-hydrogen) atoms. The van der Waals surface area contributed by atoms with E-state index in [2.05, 4.69) is 0 Å². The number of ether oxygens (including phenoxy) is 3. The lowest BCUT2D eigenvalue weighted by molar-refractivity contribution is -0.223. The molecule has 5 rings (SSSR count). The van der Waals surface area contributed by atoms with Gasteiger partial charge in [0.05, 0.1) is 22.5 Å². The van der Waals surface area contributed by atoms with Crippen molar-refractivity contribution < 1.29 is 34.0 Å². The van der Waals surface area contributed by atoms with Crippen LogP contribution in [0, 0.1) is 17.3 Å². The summed E-state index contributed by atoms with van der Waals surface area (Å²) < 4.78 is 16.5. The van der Waals surface area contributed by atoms with Crippen molar-refractivity contribution in [3.63, 3.8) is 0 Å². The fourth-order valence-electron chi connectivity index (χ4n) is 5.83. The van der Waals surface area contributed by atoms with Gasteiger partial charge < -0.3 is 24.4 Å². The van der Waals surface area contributed by atoms with Crippen LogP contribution in [-0.2, 0) is 23.8 Å². The maximum atomic E-state index is 12.4. The summed E-state index contributed by atoms with van der Waals surface area (Å²) in [7, 11) is 0. The largest absolute Gasteiger partial charge is 0.458 e. The number of fused-ring (bicyclic) bond motifs is 4. The first kappa shape index (κ1) is 13.3. The maximum Gasteiger partial charge on any atom is 0.342 e. The lowest BCUT2D eigenvalue weighted by Crippen LogP contribution is -2.68. The van der Waals surface area contributed by atoms with E-state index in [-0.39, 0.29) is 6.42 Å². The zero-order valence-electron chi connectivity index (χ0n) is 12.5. The normalized spacial score (nSPS) is 60.7. The van der Waals surface area contributed by atoms with Gasteiger partial charge in [-0.15, -0.1) is 0 Å². The molecule has 120 valence electrons. The van der Waals surface area contributed by atoms with Crippen molar-refractivity contribution in [2.24, 2.45) is 17.3 Å². The quantitative estimate of drug-likeness (QED) is 0.479. The molecule has 2 saturated carbocycles. The second-order valence-corrected chi connectivity index (χ2v) is 8.06. The number of hydrogen-bond acceptors (Lipinski definition) is 7. The van der Waals surface area contributed by atoms with Crippen molar-refractivity contribution in [3.05, 3.63) is 0 Å². The van der Waals surface area contributed by atoms with Crippen molar-refractivity contribution in [2.45, 2.75) is 62.3 Å². The van der Waals surface area contributed by atoms with Crippen LogP contribution in [0.15, 0.2) is 0 Å². The fourth-order valence-corrected chi connectivity index (χ4v) is 5.83. The Bertz CT molecular complexity index is 638. The van der Waals surface area contributed by atoms with Crippen molar-refractivity contribution in [1.82, 2.24) is 0 Å². The number of hydrogen-bond donors (Lipinski definition) is 2. The average Bonchev–Trinajstić information content (AvgIpc) is 2.85. The molecule has 1 spiro atoms. The molecule has 0 aromatic heterocycles. The summed E-state index contributed by atoms with van der Waals surface area (Å²) in [6.07, 6.45) is -1.78. The van der Waals surface area contributed by atoms with E-state index in [1.165, 1.54) is 0 Å². The van der Waals surface area contributed by atoms with Gasteiger partial charge in [0.15, 0.2) is 6.10 Å². The molecule has 3 saturated heterocycles. The summed E-state index contributed by atoms with van der Waals surface area (Å²) in [5.74, 6) is -2.51. The third kappa shape index (κ3) is 0.962. The lowest BCUT2D eigenvalue weighted by atomic mass is 9.52. The topological polar surface area (TPSA) is 106 Å². The van der Waals surface area contributed by atoms with Crippen LogP contribution in [0.4, 0.5) is 0 Å². The molecular formula is C15H18O7. The fraction of sp³-hybridized carbons (Fsp3) is 0.867. The van der Waals surface area contributed by atoms with Gasteiger partial charge in [-0.05, 0) is 20.8 Å². The van der Waals surface area contributed by atoms with E-state index < -0.39 is 64.3 Å². The third-order valence-corrected chi connectivity index (χ3v) is 6.85. The van der Waals surface area contributed by atoms with Crippen LogP contribution in [0.2, 0.25) is 0 Å². The number of rotatable bonds is 1. The summed E-state index contributed by atoms with van der Waals surface area (Å²) >= 11 is 0. The zero-order valence-corrected chi connectivity index (χ0v) is 12.5. The second kappa shape index (κ2) is 3.07. The Morgan fingerprint density at radius 2 is 1.95 bits per heavy atom. The number of carbonyl (C=O) groups is 2. The van der Waals surface area contributed by atoms with Crippen LogP contribution in [0.1, 0.15) is 27.2 Å². The minimum Gasteiger partial charge on any atom is -0.458 e. The van der Waals surface area contributed by atoms with E-state index in [1.807, 2.05) is 0 Å². The predicted octanol–water partition coefficient (Wildman–Crippen LogP) is -0.867. The Morgan fingerprint density at radius 3 is 2.59 bits per heavy atom. The average molecular weight is 310 g/mol. The highest BCUT2D eigenvalue weighted by atomic mass is 16.7. The molecule has 2 aliphatic carbocycles. The van der Waals surface area contributed by atoms with E-state index >= 15 is 0 Å². The van der Waals surface area contributed by atoms with Gasteiger partial charge in [0.1, 0.15) is 12.2 Å². The van der Waals surface area contributed by atoms with Gasteiger partial charge in [0.25, 0.3) is 0 Å². The van der Waals surface area contributed by atoms with Crippen LogP contribution < -0.4 is 0 Å². The van der Waals surface area contributed by atoms with Gasteiger partial charge in [0.2, 0.25) is 5.60 Å². The molecule has 0 radical (unpaired) electrons. The van der Waals surface area contributed by atoms with Gasteiger partial charge >= 0.3 is 11.9 Å². The molecule has 2 bridgehead atoms. The minimum absolute atomic E-state index is 0.189. The van der Waals surface area contributed by atoms with Gasteiger partial charge in [-0.2, -0.15) is 0 Å². The van der Waals surface area contributed by atoms with Crippen molar-refractivity contribution >= 4 is 11.9 Å². The van der Waals surface area contributed by atoms with Gasteiger partial charge in [-0.1, -0.05) is 0 Å². The molecule has 0 amide bonds. The highest BCUT2D eigenvalue weighted by Crippen LogP contribution is 2.77. The zero-order chi connectivity index (χ0) is 15.9. The molecule has 0 aromatic carbocycles. The molecule has 2 N–H and O–H groups in total. The summed E-state index contributed by atoms with van der Waals surface area (Å²) in [5, 5.41) is 21.9. The molecule has 3 heterocycles. The Labute approximate surface area is 126 Å². The van der Waals surface area contributed by atoms with E-state index in [0.717, 1.165) is 0 Å². The Morgan fingerprint density at radius 1 is 1.27 bits per heavy atom. The summed E-state index contributed by atoms with van der Waals surface area (Å²) in [5.41, 5.74) is -4.89. The third-order valence-electron chi connectivity index (χ3n) is 6.85. The Balaban J connectivity index is 1.76. The van der Waals surface area contributed by atoms with Gasteiger partial charge in [-0.3, -0.25) is 4.79 Å². The number of carbonyl (C=O) groups excluding carboxylic acids is 2. The van der Waals surface area contributed by atoms with Crippen LogP contribution in [0.3, 0.4) is 0 Å². The predicted molar refractivity (Wildman–Crippen MR) is 68.3 cm³/mol. The Hall–Kier alpha value is -1.18. The van der Waals surface area contributed by atoms with E-state index in [1.54, 1.807) is 20.8 Å². The highest BCUT2D eigenvalue weighted by molar-refractivity contribution is 5.91. The SMILES string of the molecule is CC(C)(O)[C@H]1[C@@H]2OC(=O)[C@H]1[C@]1(O)CC3OC34C(=O)O[C@H]2[C@@]41C. The molecular weight excluding hydrogens is 292 g/mol. The molecule has 2 unspecified atom stereocenters. The first-order valence-corrected chi connectivity index (χ1v) is 7.63. The summed E-state index contributed by atoms with van der Waals surface area (Å²) in [6.45, 7) is 4.92. The van der Waals surface area contributed by atoms with Crippen molar-refractivity contribution in [2.75, 3.05) is 0 Å². The highest BCUT2D eigenvalue weighted by Gasteiger charge is 2.95. The molecule has 5 aliphatic rings. The van der Waals surface area contributed by atoms with Crippen molar-refractivity contribution in [1.29, 1.82) is 0 Å². The monoisotopic (exact) mass is 310 g/mol. The van der Waals surface area contributed by atoms with Crippen LogP contribution in [0.5, 0.6) is 0 Å². The first-order valence-electron chi connectivity index (χ1n) is 7.63. The summed E-state index contributed by atoms with van der Waals surface area (Å²) in [4.78, 5) is 24.8. The number of aliphatic hydroxyl groups is 2. The maximum absolute atomic E-state index is 12.4. The smallest absolute Gasteiger partial charge is 0.342 e. The molecule has 8 atom stereocenters. The molecule has 7 heteroatoms.